The summed E-state index contributed by atoms with van der Waals surface area (Å²) in [6, 6.07) is 58.4. The van der Waals surface area contributed by atoms with Gasteiger partial charge < -0.3 is 33.1 Å². The highest BCUT2D eigenvalue weighted by atomic mass is 16.5. The highest BCUT2D eigenvalue weighted by Gasteiger charge is 2.30. The summed E-state index contributed by atoms with van der Waals surface area (Å²) in [5.74, 6) is 2.49. The second-order valence-corrected chi connectivity index (χ2v) is 33.3. The van der Waals surface area contributed by atoms with Crippen LogP contribution in [0.4, 0.5) is 17.2 Å². The number of H-pyrrole nitrogens is 4. The number of fused-ring (bicyclic) bond motifs is 8. The predicted molar refractivity (Wildman–Crippen MR) is 497 cm³/mol. The molecule has 0 bridgehead atoms. The smallest absolute Gasteiger partial charge is 0.349 e. The number of hydrogen-bond donors (Lipinski definition) is 4. The molecule has 8 aromatic carbocycles. The van der Waals surface area contributed by atoms with Crippen molar-refractivity contribution in [2.45, 2.75) is 217 Å². The molecule has 4 N–H and O–H groups in total. The van der Waals surface area contributed by atoms with E-state index in [1.165, 1.54) is 50.1 Å². The Bertz CT molecular complexity index is 6790. The van der Waals surface area contributed by atoms with Crippen LogP contribution in [0.5, 0.6) is 0 Å². The van der Waals surface area contributed by atoms with Crippen molar-refractivity contribution in [3.05, 3.63) is 320 Å². The molecule has 125 heavy (non-hydrogen) atoms. The Kier molecular flexibility index (Phi) is 29.0. The molecule has 646 valence electrons. The molecule has 4 unspecified atom stereocenters. The van der Waals surface area contributed by atoms with E-state index in [-0.39, 0.29) is 46.8 Å². The lowest BCUT2D eigenvalue weighted by atomic mass is 9.96. The van der Waals surface area contributed by atoms with Gasteiger partial charge in [0.1, 0.15) is 5.48 Å². The first kappa shape index (κ1) is 89.6. The Morgan fingerprint density at radius 3 is 1.34 bits per heavy atom. The van der Waals surface area contributed by atoms with Gasteiger partial charge in [-0.25, -0.2) is 39.3 Å². The fraction of sp³-hybridized carbons (Fsp3) is 0.350. The summed E-state index contributed by atoms with van der Waals surface area (Å²) < 4.78 is 18.2. The summed E-state index contributed by atoms with van der Waals surface area (Å²) >= 11 is 0. The van der Waals surface area contributed by atoms with Crippen molar-refractivity contribution in [1.29, 1.82) is 0 Å². The van der Waals surface area contributed by atoms with Crippen molar-refractivity contribution in [2.24, 2.45) is 4.99 Å². The number of aromatic nitrogens is 14. The van der Waals surface area contributed by atoms with Crippen molar-refractivity contribution in [3.63, 3.8) is 0 Å². The third kappa shape index (κ3) is 21.7. The number of rotatable bonds is 27. The maximum Gasteiger partial charge on any atom is 0.349 e. The van der Waals surface area contributed by atoms with Gasteiger partial charge in [-0.1, -0.05) is 212 Å². The van der Waals surface area contributed by atoms with E-state index in [4.69, 9.17) is 14.5 Å². The molecule has 25 heteroatoms. The van der Waals surface area contributed by atoms with Crippen LogP contribution in [0.25, 0.3) is 74.2 Å². The molecule has 0 radical (unpaired) electrons. The normalized spacial score (nSPS) is 12.8. The van der Waals surface area contributed by atoms with E-state index in [1.54, 1.807) is 0 Å². The zero-order valence-corrected chi connectivity index (χ0v) is 74.0. The second-order valence-electron chi connectivity index (χ2n) is 33.3. The molecule has 7 aliphatic heterocycles. The number of aromatic amines is 4. The zero-order valence-electron chi connectivity index (χ0n) is 74.0. The Labute approximate surface area is 725 Å². The van der Waals surface area contributed by atoms with Gasteiger partial charge in [-0.05, 0) is 197 Å². The minimum atomic E-state index is -0.675. The van der Waals surface area contributed by atoms with Crippen LogP contribution in [0.15, 0.2) is 208 Å². The third-order valence-corrected chi connectivity index (χ3v) is 22.8. The molecule has 4 atom stereocenters. The molecule has 0 amide bonds. The van der Waals surface area contributed by atoms with Crippen LogP contribution in [0, 0.1) is 27.7 Å². The highest BCUT2D eigenvalue weighted by Crippen LogP contribution is 2.39. The van der Waals surface area contributed by atoms with Crippen molar-refractivity contribution in [1.82, 2.24) is 68.5 Å². The van der Waals surface area contributed by atoms with Crippen LogP contribution in [0.2, 0.25) is 0 Å². The lowest BCUT2D eigenvalue weighted by Gasteiger charge is -2.32. The first-order valence-electron chi connectivity index (χ1n) is 43.5. The summed E-state index contributed by atoms with van der Waals surface area (Å²) in [4.78, 5) is 133. The lowest BCUT2D eigenvalue weighted by molar-refractivity contribution is 0.0137. The maximum atomic E-state index is 12.8. The molecule has 0 saturated heterocycles. The standard InChI is InChI=1S/C27H32N4O2.C25H28N4O3.2C24H26N4O2/c1-6-10-21-15-23-24(13-18(21)4)31(26-25(30-23)27(32)29-19(5)28-26)16-22(33-17(2)3)14-20-11-8-7-9-12-20;1-4-6-17-11-12-21-20(14-17)26-22-23(27-25(31)28-24(22)30)29(21)15-19(32-5-2)13-18-9-7-16(3)8-10-18;1-14(2)18-9-10-20-19(13-18)25-21-22(26-24(30)27-23(21)29)28(20)12-11-16(4)17-7-5-15(3)6-8-17;1-4-5-17-8-11-20-19(14-17)25-21-22(26-24(30)27-23(21)29)28(20)13-12-16(3)18-9-6-15(2)7-10-18/h7-9,11-13,15,17,22H,5-6,10,14,16H2,1-4H3,(H,29,32);7-12,14,19H,4-6,13,15H2,1-3H3,(H,28,30,31);5-10,13-14,16H,11-12H2,1-4H3,(H,27,29,30);6-11,14,16H,4-5,12-13H2,1-3H3,(H,27,29,30). The molecule has 16 rings (SSSR count). The summed E-state index contributed by atoms with van der Waals surface area (Å²) in [7, 11) is 0. The van der Waals surface area contributed by atoms with Gasteiger partial charge in [0.15, 0.2) is 45.7 Å². The minimum Gasteiger partial charge on any atom is -0.376 e. The molecule has 0 aliphatic carbocycles. The molecular weight excluding hydrogens is 1570 g/mol. The number of aryl methyl sites for hydroxylation is 9. The molecule has 9 aromatic rings. The minimum absolute atomic E-state index is 0.0661. The van der Waals surface area contributed by atoms with Gasteiger partial charge >= 0.3 is 17.1 Å². The van der Waals surface area contributed by atoms with E-state index in [1.807, 2.05) is 89.1 Å². The number of anilines is 2. The fourth-order valence-electron chi connectivity index (χ4n) is 16.2. The summed E-state index contributed by atoms with van der Waals surface area (Å²) in [6.07, 6.45) is 8.91. The third-order valence-electron chi connectivity index (χ3n) is 22.8. The second kappa shape index (κ2) is 40.5. The monoisotopic (exact) mass is 1680 g/mol. The van der Waals surface area contributed by atoms with Gasteiger partial charge in [0, 0.05) is 32.5 Å². The highest BCUT2D eigenvalue weighted by molar-refractivity contribution is 5.83. The van der Waals surface area contributed by atoms with Crippen LogP contribution in [0.3, 0.4) is 0 Å². The zero-order chi connectivity index (χ0) is 88.9. The quantitative estimate of drug-likeness (QED) is 0.0348. The molecule has 25 nitrogen and oxygen atoms in total. The summed E-state index contributed by atoms with van der Waals surface area (Å²) in [5, 5.41) is 0.323. The van der Waals surface area contributed by atoms with Gasteiger partial charge in [-0.15, -0.1) is 0 Å². The number of nitrogens with zero attached hydrogens (tertiary/aromatic N) is 12. The van der Waals surface area contributed by atoms with Crippen LogP contribution >= 0.6 is 0 Å². The molecule has 8 heterocycles. The van der Waals surface area contributed by atoms with Crippen molar-refractivity contribution >= 4 is 56.9 Å². The molecular formula is C100H112N16O9. The Balaban J connectivity index is 0.000000143. The Morgan fingerprint density at radius 1 is 0.424 bits per heavy atom. The Morgan fingerprint density at radius 2 is 0.864 bits per heavy atom. The molecule has 7 aliphatic rings. The summed E-state index contributed by atoms with van der Waals surface area (Å²) in [6.45, 7) is 36.1. The van der Waals surface area contributed by atoms with E-state index in [2.05, 4.69) is 258 Å². The molecule has 0 fully saturated rings. The largest absolute Gasteiger partial charge is 0.376 e. The first-order chi connectivity index (χ1) is 60.1. The fourth-order valence-corrected chi connectivity index (χ4v) is 16.2. The van der Waals surface area contributed by atoms with Crippen molar-refractivity contribution < 1.29 is 9.47 Å². The van der Waals surface area contributed by atoms with Crippen LogP contribution in [-0.4, -0.2) is 100.0 Å². The first-order valence-corrected chi connectivity index (χ1v) is 43.5. The average Bonchev–Trinajstić information content (AvgIpc) is 0.758. The topological polar surface area (TPSA) is 322 Å². The van der Waals surface area contributed by atoms with E-state index >= 15 is 0 Å². The van der Waals surface area contributed by atoms with Gasteiger partial charge in [-0.3, -0.25) is 34.1 Å². The number of nitrogens with one attached hydrogen (secondary N) is 4. The van der Waals surface area contributed by atoms with Crippen molar-refractivity contribution in [3.8, 4) is 34.6 Å². The number of ether oxygens (including phenoxy) is 2. The van der Waals surface area contributed by atoms with Crippen LogP contribution < -0.4 is 55.0 Å². The van der Waals surface area contributed by atoms with Gasteiger partial charge in [0.2, 0.25) is 0 Å². The van der Waals surface area contributed by atoms with Crippen molar-refractivity contribution in [2.75, 3.05) is 18.1 Å². The Hall–Kier alpha value is -13.1. The van der Waals surface area contributed by atoms with Crippen LogP contribution in [0.1, 0.15) is 186 Å². The number of hydrogen-bond acceptors (Lipinski definition) is 18. The predicted octanol–water partition coefficient (Wildman–Crippen LogP) is 15.6. The van der Waals surface area contributed by atoms with Gasteiger partial charge in [0.05, 0.1) is 75.9 Å². The SMILES string of the molecule is C=c1nc2c(c(=O)[nH]1)=Nc1cc(CCC)c(C)cc1N2CC(Cc1ccccc1)OC(C)C.CCCc1ccc2c(c1)nc1c(=O)[nH]c(=O)nc-1n2CC(Cc1ccc(C)cc1)OCC.CCCc1ccc2c(c1)nc1c(=O)[nH]c(=O)nc-1n2CCC(C)c1ccc(C)cc1.Cc1ccc(C(C)CCn2c3nc(=O)[nH]c(=O)c-3nc3cc(C(C)C)ccc32)cc1. The average molecular weight is 1680 g/mol. The molecule has 1 aromatic heterocycles. The van der Waals surface area contributed by atoms with E-state index in [0.29, 0.717) is 90.8 Å². The van der Waals surface area contributed by atoms with Gasteiger partial charge in [0.25, 0.3) is 22.2 Å². The maximum absolute atomic E-state index is 12.8. The van der Waals surface area contributed by atoms with E-state index < -0.39 is 33.7 Å². The number of benzene rings is 8. The van der Waals surface area contributed by atoms with E-state index in [0.717, 1.165) is 113 Å². The lowest BCUT2D eigenvalue weighted by Crippen LogP contribution is -2.45. The molecule has 0 spiro atoms. The van der Waals surface area contributed by atoms with Crippen LogP contribution in [-0.2, 0) is 61.2 Å². The summed E-state index contributed by atoms with van der Waals surface area (Å²) in [5.41, 5.74) is 18.2. The van der Waals surface area contributed by atoms with Gasteiger partial charge in [-0.2, -0.15) is 15.0 Å². The van der Waals surface area contributed by atoms with E-state index in [9.17, 15) is 33.6 Å². The molecule has 0 saturated carbocycles.